The maximum Gasteiger partial charge on any atom is 0.411 e. The Morgan fingerprint density at radius 1 is 1.25 bits per heavy atom. The number of carbonyl (C=O) groups is 1. The Kier molecular flexibility index (Phi) is 5.97. The lowest BCUT2D eigenvalue weighted by Gasteiger charge is -2.13. The second kappa shape index (κ2) is 7.25. The standard InChI is InChI=1S/C13H20N2O4S/c1-3-10(4-2)9-19-13(16)15-11-5-7-12(8-6-11)20(14,17)18/h5-8,10H,3-4,9H2,1-2H3,(H,15,16)(H2,14,17,18). The average Bonchev–Trinajstić information content (AvgIpc) is 2.39. The van der Waals surface area contributed by atoms with Gasteiger partial charge < -0.3 is 4.74 Å². The SMILES string of the molecule is CCC(CC)COC(=O)Nc1ccc(S(N)(=O)=O)cc1. The number of primary sulfonamides is 1. The number of ether oxygens (including phenoxy) is 1. The summed E-state index contributed by atoms with van der Waals surface area (Å²) in [4.78, 5) is 11.5. The minimum absolute atomic E-state index is 0.00607. The summed E-state index contributed by atoms with van der Waals surface area (Å²) in [5.74, 6) is 0.352. The van der Waals surface area contributed by atoms with Crippen LogP contribution >= 0.6 is 0 Å². The highest BCUT2D eigenvalue weighted by Crippen LogP contribution is 2.13. The van der Waals surface area contributed by atoms with Crippen molar-refractivity contribution >= 4 is 21.8 Å². The highest BCUT2D eigenvalue weighted by molar-refractivity contribution is 7.89. The molecule has 0 bridgehead atoms. The van der Waals surface area contributed by atoms with Crippen molar-refractivity contribution in [3.05, 3.63) is 24.3 Å². The van der Waals surface area contributed by atoms with Crippen LogP contribution in [0.4, 0.5) is 10.5 Å². The lowest BCUT2D eigenvalue weighted by Crippen LogP contribution is -2.18. The molecule has 3 N–H and O–H groups in total. The Labute approximate surface area is 119 Å². The molecule has 1 aromatic carbocycles. The average molecular weight is 300 g/mol. The van der Waals surface area contributed by atoms with Crippen molar-refractivity contribution in [2.45, 2.75) is 31.6 Å². The monoisotopic (exact) mass is 300 g/mol. The molecule has 0 unspecified atom stereocenters. The summed E-state index contributed by atoms with van der Waals surface area (Å²) < 4.78 is 27.2. The Balaban J connectivity index is 2.54. The fourth-order valence-corrected chi connectivity index (χ4v) is 2.12. The Morgan fingerprint density at radius 3 is 2.25 bits per heavy atom. The van der Waals surface area contributed by atoms with Crippen LogP contribution in [0.1, 0.15) is 26.7 Å². The number of hydrogen-bond donors (Lipinski definition) is 2. The van der Waals surface area contributed by atoms with Gasteiger partial charge in [0.2, 0.25) is 10.0 Å². The highest BCUT2D eigenvalue weighted by atomic mass is 32.2. The fourth-order valence-electron chi connectivity index (χ4n) is 1.60. The van der Waals surface area contributed by atoms with E-state index in [1.54, 1.807) is 0 Å². The van der Waals surface area contributed by atoms with E-state index in [0.29, 0.717) is 18.2 Å². The van der Waals surface area contributed by atoms with Crippen molar-refractivity contribution in [1.29, 1.82) is 0 Å². The molecule has 0 saturated heterocycles. The number of benzene rings is 1. The molecule has 1 aromatic rings. The van der Waals surface area contributed by atoms with Crippen LogP contribution in [-0.2, 0) is 14.8 Å². The van der Waals surface area contributed by atoms with Crippen LogP contribution in [0.5, 0.6) is 0 Å². The van der Waals surface area contributed by atoms with Crippen LogP contribution in [0.25, 0.3) is 0 Å². The van der Waals surface area contributed by atoms with E-state index in [2.05, 4.69) is 5.32 Å². The molecule has 1 rings (SSSR count). The number of carbonyl (C=O) groups excluding carboxylic acids is 1. The molecule has 0 atom stereocenters. The molecule has 0 aliphatic rings. The lowest BCUT2D eigenvalue weighted by molar-refractivity contribution is 0.138. The zero-order valence-electron chi connectivity index (χ0n) is 11.6. The van der Waals surface area contributed by atoms with Gasteiger partial charge in [-0.25, -0.2) is 18.4 Å². The van der Waals surface area contributed by atoms with Gasteiger partial charge in [0.15, 0.2) is 0 Å². The fraction of sp³-hybridized carbons (Fsp3) is 0.462. The second-order valence-electron chi connectivity index (χ2n) is 4.48. The van der Waals surface area contributed by atoms with Crippen molar-refractivity contribution in [1.82, 2.24) is 0 Å². The first-order valence-corrected chi connectivity index (χ1v) is 7.98. The summed E-state index contributed by atoms with van der Waals surface area (Å²) in [6.07, 6.45) is 1.35. The van der Waals surface area contributed by atoms with E-state index >= 15 is 0 Å². The van der Waals surface area contributed by atoms with Crippen LogP contribution in [0.3, 0.4) is 0 Å². The molecule has 0 saturated carbocycles. The summed E-state index contributed by atoms with van der Waals surface area (Å²) >= 11 is 0. The van der Waals surface area contributed by atoms with Gasteiger partial charge in [-0.15, -0.1) is 0 Å². The van der Waals surface area contributed by atoms with Crippen LogP contribution in [0.2, 0.25) is 0 Å². The van der Waals surface area contributed by atoms with Gasteiger partial charge in [-0.1, -0.05) is 26.7 Å². The molecular weight excluding hydrogens is 280 g/mol. The van der Waals surface area contributed by atoms with E-state index < -0.39 is 16.1 Å². The van der Waals surface area contributed by atoms with Crippen LogP contribution < -0.4 is 10.5 Å². The van der Waals surface area contributed by atoms with E-state index in [4.69, 9.17) is 9.88 Å². The lowest BCUT2D eigenvalue weighted by atomic mass is 10.1. The molecule has 112 valence electrons. The maximum atomic E-state index is 11.6. The maximum absolute atomic E-state index is 11.6. The molecule has 0 aliphatic carbocycles. The zero-order chi connectivity index (χ0) is 15.2. The van der Waals surface area contributed by atoms with Crippen molar-refractivity contribution < 1.29 is 17.9 Å². The largest absolute Gasteiger partial charge is 0.449 e. The molecule has 6 nitrogen and oxygen atoms in total. The third kappa shape index (κ3) is 5.18. The zero-order valence-corrected chi connectivity index (χ0v) is 12.4. The molecule has 0 radical (unpaired) electrons. The molecule has 7 heteroatoms. The van der Waals surface area contributed by atoms with Crippen molar-refractivity contribution in [3.63, 3.8) is 0 Å². The number of anilines is 1. The van der Waals surface area contributed by atoms with Gasteiger partial charge in [0.25, 0.3) is 0 Å². The van der Waals surface area contributed by atoms with Gasteiger partial charge in [0, 0.05) is 5.69 Å². The number of nitrogens with two attached hydrogens (primary N) is 1. The molecule has 0 fully saturated rings. The number of rotatable bonds is 6. The molecule has 1 amide bonds. The van der Waals surface area contributed by atoms with Gasteiger partial charge in [-0.05, 0) is 30.2 Å². The van der Waals surface area contributed by atoms with Crippen LogP contribution in [-0.4, -0.2) is 21.1 Å². The third-order valence-electron chi connectivity index (χ3n) is 3.03. The van der Waals surface area contributed by atoms with E-state index in [0.717, 1.165) is 12.8 Å². The molecule has 0 aliphatic heterocycles. The number of hydrogen-bond acceptors (Lipinski definition) is 4. The van der Waals surface area contributed by atoms with E-state index in [1.165, 1.54) is 24.3 Å². The number of sulfonamides is 1. The third-order valence-corrected chi connectivity index (χ3v) is 3.96. The van der Waals surface area contributed by atoms with Crippen molar-refractivity contribution in [3.8, 4) is 0 Å². The van der Waals surface area contributed by atoms with Crippen molar-refractivity contribution in [2.24, 2.45) is 11.1 Å². The molecular formula is C13H20N2O4S. The van der Waals surface area contributed by atoms with Crippen LogP contribution in [0.15, 0.2) is 29.2 Å². The molecule has 0 heterocycles. The summed E-state index contributed by atoms with van der Waals surface area (Å²) in [5.41, 5.74) is 0.451. The quantitative estimate of drug-likeness (QED) is 0.842. The van der Waals surface area contributed by atoms with Gasteiger partial charge in [0.1, 0.15) is 0 Å². The van der Waals surface area contributed by atoms with E-state index in [9.17, 15) is 13.2 Å². The minimum atomic E-state index is -3.72. The predicted molar refractivity (Wildman–Crippen MR) is 76.9 cm³/mol. The molecule has 0 spiro atoms. The molecule has 20 heavy (non-hydrogen) atoms. The number of amides is 1. The molecule has 0 aromatic heterocycles. The summed E-state index contributed by atoms with van der Waals surface area (Å²) in [6.45, 7) is 4.46. The van der Waals surface area contributed by atoms with E-state index in [1.807, 2.05) is 13.8 Å². The first-order valence-electron chi connectivity index (χ1n) is 6.43. The topological polar surface area (TPSA) is 98.5 Å². The minimum Gasteiger partial charge on any atom is -0.449 e. The highest BCUT2D eigenvalue weighted by Gasteiger charge is 2.10. The van der Waals surface area contributed by atoms with Gasteiger partial charge >= 0.3 is 6.09 Å². The van der Waals surface area contributed by atoms with Crippen molar-refractivity contribution in [2.75, 3.05) is 11.9 Å². The van der Waals surface area contributed by atoms with Crippen LogP contribution in [0, 0.1) is 5.92 Å². The Bertz CT molecular complexity index is 536. The summed E-state index contributed by atoms with van der Waals surface area (Å²) in [5, 5.41) is 7.51. The first kappa shape index (κ1) is 16.5. The number of nitrogens with one attached hydrogen (secondary N) is 1. The van der Waals surface area contributed by atoms with Gasteiger partial charge in [-0.2, -0.15) is 0 Å². The Morgan fingerprint density at radius 2 is 1.80 bits per heavy atom. The van der Waals surface area contributed by atoms with E-state index in [-0.39, 0.29) is 4.90 Å². The predicted octanol–water partition coefficient (Wildman–Crippen LogP) is 2.32. The Hall–Kier alpha value is -1.60. The summed E-state index contributed by atoms with van der Waals surface area (Å²) in [7, 11) is -3.72. The van der Waals surface area contributed by atoms with Gasteiger partial charge in [0.05, 0.1) is 11.5 Å². The first-order chi connectivity index (χ1) is 9.36. The normalized spacial score (nSPS) is 11.4. The smallest absolute Gasteiger partial charge is 0.411 e. The van der Waals surface area contributed by atoms with Gasteiger partial charge in [-0.3, -0.25) is 5.32 Å². The second-order valence-corrected chi connectivity index (χ2v) is 6.04. The summed E-state index contributed by atoms with van der Waals surface area (Å²) in [6, 6.07) is 5.56.